The number of halogens is 2. The number of rotatable bonds is 3. The first-order valence-corrected chi connectivity index (χ1v) is 8.44. The molecular weight excluding hydrogens is 365 g/mol. The molecule has 0 saturated carbocycles. The van der Waals surface area contributed by atoms with Gasteiger partial charge < -0.3 is 25.1 Å². The summed E-state index contributed by atoms with van der Waals surface area (Å²) in [6, 6.07) is 7.99. The van der Waals surface area contributed by atoms with Gasteiger partial charge in [0.1, 0.15) is 17.3 Å². The van der Waals surface area contributed by atoms with Crippen LogP contribution in [-0.4, -0.2) is 19.2 Å². The maximum Gasteiger partial charge on any atom is 0.388 e. The highest BCUT2D eigenvalue weighted by Gasteiger charge is 2.27. The molecule has 1 aliphatic rings. The number of nitrogens with zero attached hydrogens (tertiary/aromatic N) is 2. The lowest BCUT2D eigenvalue weighted by molar-refractivity contribution is 0.439. The number of aryl methyl sites for hydroxylation is 1. The van der Waals surface area contributed by atoms with Crippen LogP contribution in [0.5, 0.6) is 11.5 Å². The molecule has 4 rings (SSSR count). The zero-order valence-electron chi connectivity index (χ0n) is 15.2. The van der Waals surface area contributed by atoms with E-state index in [1.807, 2.05) is 0 Å². The molecule has 141 valence electrons. The number of fused-ring (bicyclic) bond motifs is 1. The molecule has 0 spiro atoms. The van der Waals surface area contributed by atoms with Crippen LogP contribution in [0.4, 0.5) is 25.8 Å². The van der Waals surface area contributed by atoms with Crippen molar-refractivity contribution in [3.8, 4) is 22.6 Å². The minimum atomic E-state index is -0.820. The van der Waals surface area contributed by atoms with E-state index in [2.05, 4.69) is 5.23 Å². The molecule has 3 N–H and O–H groups in total. The lowest BCUT2D eigenvalue weighted by Crippen LogP contribution is -2.27. The zero-order chi connectivity index (χ0) is 20.0. The van der Waals surface area contributed by atoms with Gasteiger partial charge in [0.15, 0.2) is 11.6 Å². The van der Waals surface area contributed by atoms with Crippen LogP contribution >= 0.6 is 0 Å². The maximum absolute atomic E-state index is 14.1. The molecule has 6 nitrogen and oxygen atoms in total. The number of ether oxygens (including phenoxy) is 1. The van der Waals surface area contributed by atoms with Crippen LogP contribution in [-0.2, 0) is 7.05 Å². The van der Waals surface area contributed by atoms with Crippen LogP contribution in [0.1, 0.15) is 0 Å². The minimum Gasteiger partial charge on any atom is -0.454 e. The lowest BCUT2D eigenvalue weighted by atomic mass is 10.0. The van der Waals surface area contributed by atoms with Crippen molar-refractivity contribution < 1.29 is 13.5 Å². The van der Waals surface area contributed by atoms with Crippen molar-refractivity contribution in [2.24, 2.45) is 7.05 Å². The Balaban J connectivity index is 1.89. The third-order valence-electron chi connectivity index (χ3n) is 4.51. The van der Waals surface area contributed by atoms with Crippen molar-refractivity contribution in [1.82, 2.24) is 4.57 Å². The molecule has 1 radical (unpaired) electrons. The van der Waals surface area contributed by atoms with E-state index < -0.39 is 11.6 Å². The second-order valence-corrected chi connectivity index (χ2v) is 6.50. The highest BCUT2D eigenvalue weighted by molar-refractivity contribution is 6.50. The quantitative estimate of drug-likeness (QED) is 0.539. The highest BCUT2D eigenvalue weighted by Crippen LogP contribution is 2.42. The zero-order valence-corrected chi connectivity index (χ0v) is 15.2. The van der Waals surface area contributed by atoms with Crippen LogP contribution in [0, 0.1) is 11.6 Å². The molecule has 0 saturated heterocycles. The molecule has 0 unspecified atom stereocenters. The van der Waals surface area contributed by atoms with E-state index in [1.165, 1.54) is 10.6 Å². The van der Waals surface area contributed by atoms with E-state index >= 15 is 0 Å². The average Bonchev–Trinajstić information content (AvgIpc) is 3.04. The summed E-state index contributed by atoms with van der Waals surface area (Å²) in [5.74, 6) is -1.32. The number of hydrogen-bond donors (Lipinski definition) is 2. The molecule has 0 fully saturated rings. The number of nitrogen functional groups attached to an aromatic ring is 1. The number of nitrogens with two attached hydrogens (primary N) is 1. The van der Waals surface area contributed by atoms with Gasteiger partial charge in [0, 0.05) is 36.1 Å². The molecular formula is C19H16BF2N4O2. The van der Waals surface area contributed by atoms with E-state index in [4.69, 9.17) is 10.5 Å². The van der Waals surface area contributed by atoms with Crippen molar-refractivity contribution >= 4 is 24.6 Å². The predicted molar refractivity (Wildman–Crippen MR) is 106 cm³/mol. The molecule has 2 heterocycles. The normalized spacial score (nSPS) is 12.4. The molecule has 0 amide bonds. The van der Waals surface area contributed by atoms with Crippen molar-refractivity contribution in [3.63, 3.8) is 0 Å². The summed E-state index contributed by atoms with van der Waals surface area (Å²) < 4.78 is 34.5. The SMILES string of the molecule is CN1[B]Nc2c(-c3cc(N)ccc3Oc3ccc(F)cc3F)cn(C)c(=O)c21. The maximum atomic E-state index is 14.1. The van der Waals surface area contributed by atoms with Gasteiger partial charge in [0.2, 0.25) is 0 Å². The van der Waals surface area contributed by atoms with Gasteiger partial charge in [0.25, 0.3) is 5.56 Å². The van der Waals surface area contributed by atoms with Gasteiger partial charge in [-0.05, 0) is 37.4 Å². The van der Waals surface area contributed by atoms with Crippen molar-refractivity contribution in [2.75, 3.05) is 22.8 Å². The number of anilines is 3. The molecule has 2 aromatic carbocycles. The highest BCUT2D eigenvalue weighted by atomic mass is 19.1. The van der Waals surface area contributed by atoms with Gasteiger partial charge in [-0.1, -0.05) is 0 Å². The minimum absolute atomic E-state index is 0.120. The fourth-order valence-electron chi connectivity index (χ4n) is 3.15. The first-order valence-electron chi connectivity index (χ1n) is 8.44. The standard InChI is InChI=1S/C19H16BF2N4O2/c1-25-9-13(17-18(19(25)27)26(2)20-24-17)12-8-11(23)4-6-15(12)28-16-5-3-10(21)7-14(16)22/h3-9,24H,23H2,1-2H3. The van der Waals surface area contributed by atoms with Gasteiger partial charge in [-0.25, -0.2) is 8.78 Å². The van der Waals surface area contributed by atoms with Crippen LogP contribution < -0.4 is 26.1 Å². The first-order chi connectivity index (χ1) is 13.3. The Morgan fingerprint density at radius 3 is 2.57 bits per heavy atom. The van der Waals surface area contributed by atoms with Crippen molar-refractivity contribution in [1.29, 1.82) is 0 Å². The van der Waals surface area contributed by atoms with Crippen LogP contribution in [0.25, 0.3) is 11.1 Å². The number of nitrogens with one attached hydrogen (secondary N) is 1. The Kier molecular flexibility index (Phi) is 4.22. The summed E-state index contributed by atoms with van der Waals surface area (Å²) in [4.78, 5) is 14.2. The molecule has 0 bridgehead atoms. The Labute approximate surface area is 160 Å². The smallest absolute Gasteiger partial charge is 0.388 e. The van der Waals surface area contributed by atoms with E-state index in [1.54, 1.807) is 50.9 Å². The van der Waals surface area contributed by atoms with E-state index in [0.717, 1.165) is 12.1 Å². The topological polar surface area (TPSA) is 72.5 Å². The van der Waals surface area contributed by atoms with Crippen molar-refractivity contribution in [2.45, 2.75) is 0 Å². The Morgan fingerprint density at radius 2 is 1.82 bits per heavy atom. The van der Waals surface area contributed by atoms with E-state index in [0.29, 0.717) is 33.9 Å². The molecule has 0 atom stereocenters. The number of hydrogen-bond acceptors (Lipinski definition) is 5. The Morgan fingerprint density at radius 1 is 1.07 bits per heavy atom. The van der Waals surface area contributed by atoms with Crippen LogP contribution in [0.2, 0.25) is 0 Å². The molecule has 3 aromatic rings. The Hall–Kier alpha value is -3.49. The number of benzene rings is 2. The summed E-state index contributed by atoms with van der Waals surface area (Å²) in [6.45, 7) is 0. The van der Waals surface area contributed by atoms with E-state index in [9.17, 15) is 13.6 Å². The van der Waals surface area contributed by atoms with Crippen molar-refractivity contribution in [3.05, 3.63) is 64.6 Å². The molecule has 9 heteroatoms. The Bertz CT molecular complexity index is 1150. The summed E-state index contributed by atoms with van der Waals surface area (Å²) >= 11 is 0. The van der Waals surface area contributed by atoms with E-state index in [-0.39, 0.29) is 11.3 Å². The van der Waals surface area contributed by atoms with Gasteiger partial charge in [-0.2, -0.15) is 0 Å². The van der Waals surface area contributed by atoms with Gasteiger partial charge >= 0.3 is 7.55 Å². The second kappa shape index (κ2) is 6.59. The average molecular weight is 381 g/mol. The van der Waals surface area contributed by atoms with Gasteiger partial charge in [0.05, 0.1) is 5.69 Å². The molecule has 0 aliphatic carbocycles. The lowest BCUT2D eigenvalue weighted by Gasteiger charge is -2.17. The first kappa shape index (κ1) is 17.9. The summed E-state index contributed by atoms with van der Waals surface area (Å²) in [5, 5.41) is 3.08. The fraction of sp³-hybridized carbons (Fsp3) is 0.105. The third-order valence-corrected chi connectivity index (χ3v) is 4.51. The largest absolute Gasteiger partial charge is 0.454 e. The molecule has 28 heavy (non-hydrogen) atoms. The van der Waals surface area contributed by atoms with Gasteiger partial charge in [-0.3, -0.25) is 4.79 Å². The monoisotopic (exact) mass is 381 g/mol. The van der Waals surface area contributed by atoms with Gasteiger partial charge in [-0.15, -0.1) is 0 Å². The van der Waals surface area contributed by atoms with Crippen LogP contribution in [0.15, 0.2) is 47.4 Å². The molecule has 1 aliphatic heterocycles. The fourth-order valence-corrected chi connectivity index (χ4v) is 3.15. The second-order valence-electron chi connectivity index (χ2n) is 6.50. The number of aromatic nitrogens is 1. The molecule has 1 aromatic heterocycles. The summed E-state index contributed by atoms with van der Waals surface area (Å²) in [6.07, 6.45) is 1.66. The predicted octanol–water partition coefficient (Wildman–Crippen LogP) is 3.10. The number of pyridine rings is 1. The summed E-state index contributed by atoms with van der Waals surface area (Å²) in [5.41, 5.74) is 8.55. The summed E-state index contributed by atoms with van der Waals surface area (Å²) in [7, 11) is 5.07. The van der Waals surface area contributed by atoms with Crippen LogP contribution in [0.3, 0.4) is 0 Å². The third kappa shape index (κ3) is 2.94.